The Labute approximate surface area is 216 Å². The van der Waals surface area contributed by atoms with Crippen LogP contribution in [0, 0.1) is 9.39 Å². The third-order valence-corrected chi connectivity index (χ3v) is 6.49. The summed E-state index contributed by atoms with van der Waals surface area (Å²) < 4.78 is 26.4. The van der Waals surface area contributed by atoms with Crippen LogP contribution >= 0.6 is 22.6 Å². The van der Waals surface area contributed by atoms with Crippen LogP contribution in [-0.4, -0.2) is 72.0 Å². The molecule has 2 aromatic rings. The van der Waals surface area contributed by atoms with E-state index >= 15 is 0 Å². The Morgan fingerprint density at radius 3 is 2.60 bits per heavy atom. The Morgan fingerprint density at radius 2 is 1.91 bits per heavy atom. The predicted molar refractivity (Wildman–Crippen MR) is 135 cm³/mol. The number of methoxy groups -OCH3 is 1. The fourth-order valence-corrected chi connectivity index (χ4v) is 4.39. The molecule has 8 nitrogen and oxygen atoms in total. The minimum Gasteiger partial charge on any atom is -0.482 e. The molecular weight excluding hydrogens is 570 g/mol. The molecule has 1 aliphatic rings. The second-order valence-corrected chi connectivity index (χ2v) is 9.15. The molecule has 2 aromatic carbocycles. The Balaban J connectivity index is 1.98. The maximum atomic E-state index is 14.5. The number of halogens is 2. The van der Waals surface area contributed by atoms with Gasteiger partial charge in [-0.25, -0.2) is 4.39 Å². The molecule has 0 fully saturated rings. The Bertz CT molecular complexity index is 1070. The zero-order valence-electron chi connectivity index (χ0n) is 19.2. The summed E-state index contributed by atoms with van der Waals surface area (Å²) in [5.74, 6) is -0.897. The molecule has 0 saturated carbocycles. The predicted octanol–water partition coefficient (Wildman–Crippen LogP) is 2.02. The molecule has 0 bridgehead atoms. The second kappa shape index (κ2) is 13.0. The number of hydrogen-bond donors (Lipinski definition) is 3. The van der Waals surface area contributed by atoms with Crippen molar-refractivity contribution in [2.45, 2.75) is 31.2 Å². The molecule has 10 heteroatoms. The van der Waals surface area contributed by atoms with Gasteiger partial charge in [0.25, 0.3) is 0 Å². The highest BCUT2D eigenvalue weighted by Crippen LogP contribution is 2.30. The van der Waals surface area contributed by atoms with Gasteiger partial charge in [0.15, 0.2) is 0 Å². The number of hydrogen-bond acceptors (Lipinski definition) is 6. The highest BCUT2D eigenvalue weighted by Gasteiger charge is 2.40. The van der Waals surface area contributed by atoms with Crippen LogP contribution in [-0.2, 0) is 20.9 Å². The summed E-state index contributed by atoms with van der Waals surface area (Å²) in [7, 11) is 1.37. The van der Waals surface area contributed by atoms with Crippen molar-refractivity contribution in [2.75, 3.05) is 26.9 Å². The topological polar surface area (TPSA) is 108 Å². The zero-order chi connectivity index (χ0) is 25.4. The van der Waals surface area contributed by atoms with Gasteiger partial charge in [-0.2, -0.15) is 0 Å². The summed E-state index contributed by atoms with van der Waals surface area (Å²) in [4.78, 5) is 27.2. The van der Waals surface area contributed by atoms with Crippen molar-refractivity contribution in [3.63, 3.8) is 0 Å². The SMILES string of the molecule is COCC(=O)N(Cc1ccccc1F)[C@@H]1CC(C(=O)NCCO)=C[C@H](Oc2ccccc2I)[C@H]1O. The minimum atomic E-state index is -1.21. The maximum Gasteiger partial charge on any atom is 0.249 e. The summed E-state index contributed by atoms with van der Waals surface area (Å²) >= 11 is 2.10. The van der Waals surface area contributed by atoms with E-state index in [4.69, 9.17) is 14.6 Å². The molecular formula is C25H28FIN2O6. The van der Waals surface area contributed by atoms with E-state index in [9.17, 15) is 19.1 Å². The summed E-state index contributed by atoms with van der Waals surface area (Å²) in [6.07, 6.45) is -0.640. The molecule has 188 valence electrons. The molecule has 1 aliphatic carbocycles. The number of amides is 2. The zero-order valence-corrected chi connectivity index (χ0v) is 21.4. The van der Waals surface area contributed by atoms with Crippen molar-refractivity contribution in [2.24, 2.45) is 0 Å². The number of para-hydroxylation sites is 1. The lowest BCUT2D eigenvalue weighted by Gasteiger charge is -2.40. The third-order valence-electron chi connectivity index (χ3n) is 5.60. The first-order valence-corrected chi connectivity index (χ1v) is 12.1. The van der Waals surface area contributed by atoms with E-state index in [0.29, 0.717) is 5.75 Å². The number of carbonyl (C=O) groups excluding carboxylic acids is 2. The molecule has 3 atom stereocenters. The number of nitrogens with one attached hydrogen (secondary N) is 1. The summed E-state index contributed by atoms with van der Waals surface area (Å²) in [5, 5.41) is 23.0. The van der Waals surface area contributed by atoms with Gasteiger partial charge in [0.1, 0.15) is 30.4 Å². The van der Waals surface area contributed by atoms with Gasteiger partial charge in [0, 0.05) is 37.8 Å². The molecule has 0 saturated heterocycles. The van der Waals surface area contributed by atoms with E-state index < -0.39 is 35.9 Å². The van der Waals surface area contributed by atoms with Gasteiger partial charge >= 0.3 is 0 Å². The van der Waals surface area contributed by atoms with E-state index in [1.807, 2.05) is 12.1 Å². The van der Waals surface area contributed by atoms with Crippen LogP contribution in [0.4, 0.5) is 4.39 Å². The van der Waals surface area contributed by atoms with E-state index in [2.05, 4.69) is 27.9 Å². The van der Waals surface area contributed by atoms with Crippen molar-refractivity contribution in [1.82, 2.24) is 10.2 Å². The van der Waals surface area contributed by atoms with Crippen LogP contribution in [0.25, 0.3) is 0 Å². The van der Waals surface area contributed by atoms with Crippen molar-refractivity contribution in [3.8, 4) is 5.75 Å². The molecule has 35 heavy (non-hydrogen) atoms. The lowest BCUT2D eigenvalue weighted by Crippen LogP contribution is -2.55. The van der Waals surface area contributed by atoms with Crippen molar-refractivity contribution >= 4 is 34.4 Å². The van der Waals surface area contributed by atoms with Crippen LogP contribution in [0.2, 0.25) is 0 Å². The van der Waals surface area contributed by atoms with Gasteiger partial charge in [-0.15, -0.1) is 0 Å². The van der Waals surface area contributed by atoms with Gasteiger partial charge in [-0.05, 0) is 46.9 Å². The fraction of sp³-hybridized carbons (Fsp3) is 0.360. The molecule has 3 N–H and O–H groups in total. The largest absolute Gasteiger partial charge is 0.482 e. The first-order chi connectivity index (χ1) is 16.8. The van der Waals surface area contributed by atoms with Crippen LogP contribution < -0.4 is 10.1 Å². The Kier molecular flexibility index (Phi) is 10.0. The third kappa shape index (κ3) is 7.00. The van der Waals surface area contributed by atoms with Crippen LogP contribution in [0.15, 0.2) is 60.2 Å². The Morgan fingerprint density at radius 1 is 1.20 bits per heavy atom. The number of aliphatic hydroxyl groups is 2. The number of benzene rings is 2. The van der Waals surface area contributed by atoms with Gasteiger partial charge in [-0.1, -0.05) is 30.3 Å². The number of ether oxygens (including phenoxy) is 2. The van der Waals surface area contributed by atoms with E-state index in [0.717, 1.165) is 3.57 Å². The van der Waals surface area contributed by atoms with Crippen molar-refractivity contribution in [3.05, 3.63) is 75.1 Å². The normalized spacial score (nSPS) is 19.6. The average molecular weight is 598 g/mol. The summed E-state index contributed by atoms with van der Waals surface area (Å²) in [6.45, 7) is -0.598. The maximum absolute atomic E-state index is 14.5. The highest BCUT2D eigenvalue weighted by atomic mass is 127. The fourth-order valence-electron chi connectivity index (χ4n) is 3.87. The second-order valence-electron chi connectivity index (χ2n) is 7.99. The standard InChI is InChI=1S/C25H28FIN2O6/c1-34-15-23(31)29(14-16-6-2-3-7-18(16)26)20-12-17(25(33)28-10-11-30)13-22(24(20)32)35-21-9-5-4-8-19(21)27/h2-9,13,20,22,24,30,32H,10-12,14-15H2,1H3,(H,28,33)/t20-,22+,24+/m1/s1. The molecule has 0 aromatic heterocycles. The van der Waals surface area contributed by atoms with Gasteiger partial charge in [0.2, 0.25) is 11.8 Å². The average Bonchev–Trinajstić information content (AvgIpc) is 2.85. The van der Waals surface area contributed by atoms with Crippen molar-refractivity contribution in [1.29, 1.82) is 0 Å². The van der Waals surface area contributed by atoms with Crippen LogP contribution in [0.3, 0.4) is 0 Å². The first kappa shape index (κ1) is 27.1. The molecule has 0 spiro atoms. The van der Waals surface area contributed by atoms with Crippen LogP contribution in [0.1, 0.15) is 12.0 Å². The summed E-state index contributed by atoms with van der Waals surface area (Å²) in [6, 6.07) is 12.4. The van der Waals surface area contributed by atoms with E-state index in [1.165, 1.54) is 24.2 Å². The van der Waals surface area contributed by atoms with Gasteiger partial charge < -0.3 is 29.9 Å². The van der Waals surface area contributed by atoms with E-state index in [1.54, 1.807) is 30.3 Å². The van der Waals surface area contributed by atoms with Crippen LogP contribution in [0.5, 0.6) is 5.75 Å². The number of carbonyl (C=O) groups is 2. The molecule has 3 rings (SSSR count). The minimum absolute atomic E-state index is 0.00801. The van der Waals surface area contributed by atoms with E-state index in [-0.39, 0.29) is 43.9 Å². The number of rotatable bonds is 10. The summed E-state index contributed by atoms with van der Waals surface area (Å²) in [5.41, 5.74) is 0.550. The lowest BCUT2D eigenvalue weighted by molar-refractivity contribution is -0.143. The van der Waals surface area contributed by atoms with Gasteiger partial charge in [0.05, 0.1) is 16.2 Å². The number of aliphatic hydroxyl groups excluding tert-OH is 2. The first-order valence-electron chi connectivity index (χ1n) is 11.1. The monoisotopic (exact) mass is 598 g/mol. The molecule has 0 unspecified atom stereocenters. The molecule has 0 heterocycles. The molecule has 0 radical (unpaired) electrons. The quantitative estimate of drug-likeness (QED) is 0.362. The Hall–Kier alpha value is -2.54. The molecule has 2 amide bonds. The van der Waals surface area contributed by atoms with Gasteiger partial charge in [-0.3, -0.25) is 9.59 Å². The lowest BCUT2D eigenvalue weighted by atomic mass is 9.87. The number of nitrogens with zero attached hydrogens (tertiary/aromatic N) is 1. The molecule has 0 aliphatic heterocycles. The smallest absolute Gasteiger partial charge is 0.249 e. The highest BCUT2D eigenvalue weighted by molar-refractivity contribution is 14.1. The van der Waals surface area contributed by atoms with Crippen molar-refractivity contribution < 1.29 is 33.7 Å².